The molecule has 0 bridgehead atoms. The Kier molecular flexibility index (Phi) is 5.86. The van der Waals surface area contributed by atoms with Crippen molar-refractivity contribution in [3.8, 4) is 0 Å². The van der Waals surface area contributed by atoms with Crippen molar-refractivity contribution in [3.63, 3.8) is 0 Å². The molecule has 1 unspecified atom stereocenters. The number of alkyl halides is 4. The third-order valence-corrected chi connectivity index (χ3v) is 2.06. The van der Waals surface area contributed by atoms with Crippen LogP contribution in [0.5, 0.6) is 0 Å². The molecule has 0 aliphatic carbocycles. The fourth-order valence-corrected chi connectivity index (χ4v) is 0.756. The minimum absolute atomic E-state index is 0.154. The second kappa shape index (κ2) is 5.77. The van der Waals surface area contributed by atoms with Crippen molar-refractivity contribution in [3.05, 3.63) is 0 Å². The quantitative estimate of drug-likeness (QED) is 0.594. The van der Waals surface area contributed by atoms with E-state index in [1.807, 2.05) is 6.92 Å². The highest BCUT2D eigenvalue weighted by Gasteiger charge is 2.28. The molecule has 0 fully saturated rings. The first-order valence-corrected chi connectivity index (χ1v) is 4.58. The molecule has 0 saturated heterocycles. The van der Waals surface area contributed by atoms with Crippen molar-refractivity contribution in [2.75, 3.05) is 18.5 Å². The molecule has 0 radical (unpaired) electrons. The molecule has 1 N–H and O–H groups in total. The summed E-state index contributed by atoms with van der Waals surface area (Å²) in [5, 5.41) is 3.54. The maximum absolute atomic E-state index is 11.4. The Morgan fingerprint density at radius 1 is 1.50 bits per heavy atom. The van der Waals surface area contributed by atoms with E-state index in [0.29, 0.717) is 5.33 Å². The third kappa shape index (κ3) is 8.29. The van der Waals surface area contributed by atoms with Gasteiger partial charge in [-0.05, 0) is 6.92 Å². The summed E-state index contributed by atoms with van der Waals surface area (Å²) in [6.07, 6.45) is -4.51. The largest absolute Gasteiger partial charge is 0.522 e. The van der Waals surface area contributed by atoms with Crippen LogP contribution in [0.25, 0.3) is 0 Å². The monoisotopic (exact) mass is 249 g/mol. The molecule has 0 aromatic carbocycles. The highest BCUT2D eigenvalue weighted by molar-refractivity contribution is 9.09. The van der Waals surface area contributed by atoms with Gasteiger partial charge in [-0.15, -0.1) is 13.2 Å². The third-order valence-electron chi connectivity index (χ3n) is 1.09. The van der Waals surface area contributed by atoms with Gasteiger partial charge in [-0.2, -0.15) is 0 Å². The summed E-state index contributed by atoms with van der Waals surface area (Å²) in [7, 11) is 0. The summed E-state index contributed by atoms with van der Waals surface area (Å²) in [6, 6.07) is 0.154. The lowest BCUT2D eigenvalue weighted by Crippen LogP contribution is -2.32. The minimum atomic E-state index is -4.51. The zero-order valence-corrected chi connectivity index (χ0v) is 8.20. The van der Waals surface area contributed by atoms with E-state index in [1.165, 1.54) is 0 Å². The van der Waals surface area contributed by atoms with Crippen LogP contribution >= 0.6 is 15.9 Å². The normalized spacial score (nSPS) is 14.8. The van der Waals surface area contributed by atoms with Gasteiger partial charge in [0.05, 0.1) is 6.61 Å². The van der Waals surface area contributed by atoms with Crippen molar-refractivity contribution in [1.29, 1.82) is 0 Å². The summed E-state index contributed by atoms with van der Waals surface area (Å²) in [6.45, 7) is 1.72. The first kappa shape index (κ1) is 12.2. The van der Waals surface area contributed by atoms with Crippen molar-refractivity contribution < 1.29 is 17.9 Å². The predicted octanol–water partition coefficient (Wildman–Crippen LogP) is 1.90. The summed E-state index contributed by atoms with van der Waals surface area (Å²) < 4.78 is 37.8. The highest BCUT2D eigenvalue weighted by atomic mass is 79.9. The van der Waals surface area contributed by atoms with E-state index in [4.69, 9.17) is 0 Å². The van der Waals surface area contributed by atoms with Crippen LogP contribution in [-0.4, -0.2) is 30.9 Å². The van der Waals surface area contributed by atoms with Gasteiger partial charge in [-0.25, -0.2) is 0 Å². The molecule has 6 heteroatoms. The number of rotatable bonds is 5. The van der Waals surface area contributed by atoms with Crippen LogP contribution in [0.3, 0.4) is 0 Å². The molecule has 0 aliphatic rings. The lowest BCUT2D eigenvalue weighted by Gasteiger charge is -2.11. The van der Waals surface area contributed by atoms with Crippen LogP contribution in [0.15, 0.2) is 0 Å². The van der Waals surface area contributed by atoms with Crippen LogP contribution in [0.4, 0.5) is 13.2 Å². The summed E-state index contributed by atoms with van der Waals surface area (Å²) in [5.74, 6) is 0. The second-order valence-corrected chi connectivity index (χ2v) is 2.95. The SMILES string of the molecule is CC(CBr)NCCOC(F)(F)F. The van der Waals surface area contributed by atoms with Crippen LogP contribution in [0.2, 0.25) is 0 Å². The van der Waals surface area contributed by atoms with Gasteiger partial charge < -0.3 is 5.32 Å². The molecular weight excluding hydrogens is 239 g/mol. The zero-order valence-electron chi connectivity index (χ0n) is 6.62. The lowest BCUT2D eigenvalue weighted by atomic mass is 10.4. The van der Waals surface area contributed by atoms with Crippen molar-refractivity contribution in [2.24, 2.45) is 0 Å². The maximum Gasteiger partial charge on any atom is 0.522 e. The Hall–Kier alpha value is 0.190. The van der Waals surface area contributed by atoms with E-state index < -0.39 is 6.36 Å². The van der Waals surface area contributed by atoms with Crippen LogP contribution in [0, 0.1) is 0 Å². The van der Waals surface area contributed by atoms with Crippen molar-refractivity contribution in [2.45, 2.75) is 19.3 Å². The van der Waals surface area contributed by atoms with Gasteiger partial charge in [0.1, 0.15) is 0 Å². The highest BCUT2D eigenvalue weighted by Crippen LogP contribution is 2.15. The van der Waals surface area contributed by atoms with E-state index in [0.717, 1.165) is 0 Å². The molecule has 0 saturated carbocycles. The number of hydrogen-bond acceptors (Lipinski definition) is 2. The smallest absolute Gasteiger partial charge is 0.311 e. The van der Waals surface area contributed by atoms with Gasteiger partial charge >= 0.3 is 6.36 Å². The predicted molar refractivity (Wildman–Crippen MR) is 43.3 cm³/mol. The molecule has 0 aromatic rings. The van der Waals surface area contributed by atoms with Gasteiger partial charge in [0, 0.05) is 17.9 Å². The standard InChI is InChI=1S/C6H11BrF3NO/c1-5(4-7)11-2-3-12-6(8,9)10/h5,11H,2-4H2,1H3. The van der Waals surface area contributed by atoms with Gasteiger partial charge in [0.15, 0.2) is 0 Å². The molecule has 0 aromatic heterocycles. The molecule has 0 heterocycles. The molecule has 12 heavy (non-hydrogen) atoms. The number of hydrogen-bond donors (Lipinski definition) is 1. The Morgan fingerprint density at radius 3 is 2.50 bits per heavy atom. The minimum Gasteiger partial charge on any atom is -0.311 e. The lowest BCUT2D eigenvalue weighted by molar-refractivity contribution is -0.323. The zero-order chi connectivity index (χ0) is 9.61. The summed E-state index contributed by atoms with van der Waals surface area (Å²) >= 11 is 3.18. The molecule has 1 atom stereocenters. The Bertz CT molecular complexity index is 120. The van der Waals surface area contributed by atoms with E-state index in [1.54, 1.807) is 0 Å². The fraction of sp³-hybridized carbons (Fsp3) is 1.00. The molecule has 0 spiro atoms. The fourth-order valence-electron chi connectivity index (χ4n) is 0.527. The average Bonchev–Trinajstić information content (AvgIpc) is 1.96. The van der Waals surface area contributed by atoms with Crippen LogP contribution in [-0.2, 0) is 4.74 Å². The van der Waals surface area contributed by atoms with E-state index >= 15 is 0 Å². The van der Waals surface area contributed by atoms with E-state index in [9.17, 15) is 13.2 Å². The van der Waals surface area contributed by atoms with Crippen molar-refractivity contribution in [1.82, 2.24) is 5.32 Å². The molecule has 2 nitrogen and oxygen atoms in total. The molecule has 0 aliphatic heterocycles. The van der Waals surface area contributed by atoms with Gasteiger partial charge in [-0.3, -0.25) is 4.74 Å². The first-order chi connectivity index (χ1) is 5.45. The first-order valence-electron chi connectivity index (χ1n) is 3.45. The summed E-state index contributed by atoms with van der Waals surface area (Å²) in [5.41, 5.74) is 0. The summed E-state index contributed by atoms with van der Waals surface area (Å²) in [4.78, 5) is 0. The van der Waals surface area contributed by atoms with Crippen LogP contribution < -0.4 is 5.32 Å². The molecule has 0 rings (SSSR count). The number of nitrogens with one attached hydrogen (secondary N) is 1. The molecule has 74 valence electrons. The number of halogens is 4. The second-order valence-electron chi connectivity index (χ2n) is 2.30. The van der Waals surface area contributed by atoms with Crippen LogP contribution in [0.1, 0.15) is 6.92 Å². The van der Waals surface area contributed by atoms with Gasteiger partial charge in [-0.1, -0.05) is 15.9 Å². The molecule has 0 amide bonds. The van der Waals surface area contributed by atoms with E-state index in [-0.39, 0.29) is 19.2 Å². The van der Waals surface area contributed by atoms with Gasteiger partial charge in [0.25, 0.3) is 0 Å². The maximum atomic E-state index is 11.4. The Morgan fingerprint density at radius 2 is 2.08 bits per heavy atom. The van der Waals surface area contributed by atoms with Crippen molar-refractivity contribution >= 4 is 15.9 Å². The Labute approximate surface area is 77.6 Å². The van der Waals surface area contributed by atoms with E-state index in [2.05, 4.69) is 26.0 Å². The number of ether oxygens (including phenoxy) is 1. The van der Waals surface area contributed by atoms with Gasteiger partial charge in [0.2, 0.25) is 0 Å². The molecular formula is C6H11BrF3NO. The topological polar surface area (TPSA) is 21.3 Å². The Balaban J connectivity index is 3.22. The average molecular weight is 250 g/mol.